The molecular formula is C8H8Cl2FN3O2. The zero-order valence-electron chi connectivity index (χ0n) is 7.80. The molecule has 1 heterocycles. The monoisotopic (exact) mass is 267 g/mol. The van der Waals surface area contributed by atoms with Gasteiger partial charge in [0.1, 0.15) is 5.02 Å². The molecular weight excluding hydrogens is 260 g/mol. The minimum absolute atomic E-state index is 0.0620. The first kappa shape index (κ1) is 11.7. The number of nitrogen functional groups attached to an aromatic ring is 1. The normalized spacial score (nSPS) is 24.0. The number of aliphatic hydroxyl groups excluding tert-OH is 1. The van der Waals surface area contributed by atoms with Crippen LogP contribution in [-0.2, 0) is 0 Å². The van der Waals surface area contributed by atoms with E-state index in [1.807, 2.05) is 0 Å². The van der Waals surface area contributed by atoms with Crippen molar-refractivity contribution in [1.82, 2.24) is 10.9 Å². The zero-order valence-corrected chi connectivity index (χ0v) is 9.31. The Morgan fingerprint density at radius 1 is 1.44 bits per heavy atom. The molecule has 1 fully saturated rings. The molecule has 0 bridgehead atoms. The number of rotatable bonds is 2. The number of anilines is 1. The van der Waals surface area contributed by atoms with Crippen molar-refractivity contribution in [2.75, 3.05) is 5.73 Å². The van der Waals surface area contributed by atoms with Crippen molar-refractivity contribution >= 4 is 28.9 Å². The SMILES string of the molecule is Nc1cc(Cl)c(OC2NN[C@@H]2O)c(Cl)c1F. The molecule has 8 heteroatoms. The minimum atomic E-state index is -0.909. The number of ether oxygens (including phenoxy) is 1. The highest BCUT2D eigenvalue weighted by Gasteiger charge is 2.31. The van der Waals surface area contributed by atoms with Crippen molar-refractivity contribution in [3.8, 4) is 5.75 Å². The van der Waals surface area contributed by atoms with Gasteiger partial charge >= 0.3 is 0 Å². The van der Waals surface area contributed by atoms with Crippen LogP contribution in [0.1, 0.15) is 0 Å². The van der Waals surface area contributed by atoms with Crippen molar-refractivity contribution in [2.45, 2.75) is 12.5 Å². The Balaban J connectivity index is 2.29. The molecule has 0 amide bonds. The van der Waals surface area contributed by atoms with E-state index in [0.717, 1.165) is 0 Å². The first-order valence-corrected chi connectivity index (χ1v) is 5.05. The maximum atomic E-state index is 13.3. The quantitative estimate of drug-likeness (QED) is 0.472. The summed E-state index contributed by atoms with van der Waals surface area (Å²) < 4.78 is 18.5. The van der Waals surface area contributed by atoms with E-state index in [1.165, 1.54) is 6.07 Å². The lowest BCUT2D eigenvalue weighted by Gasteiger charge is -2.35. The average Bonchev–Trinajstić information content (AvgIpc) is 2.24. The number of hydrazine groups is 1. The number of nitrogens with two attached hydrogens (primary N) is 1. The summed E-state index contributed by atoms with van der Waals surface area (Å²) in [6.07, 6.45) is -1.65. The van der Waals surface area contributed by atoms with Crippen LogP contribution in [0.2, 0.25) is 10.0 Å². The van der Waals surface area contributed by atoms with Crippen LogP contribution in [-0.4, -0.2) is 17.6 Å². The Hall–Kier alpha value is -0.790. The summed E-state index contributed by atoms with van der Waals surface area (Å²) >= 11 is 11.5. The van der Waals surface area contributed by atoms with Crippen LogP contribution in [0.15, 0.2) is 6.07 Å². The smallest absolute Gasteiger partial charge is 0.203 e. The summed E-state index contributed by atoms with van der Waals surface area (Å²) in [4.78, 5) is 0. The molecule has 5 N–H and O–H groups in total. The van der Waals surface area contributed by atoms with Gasteiger partial charge in [-0.2, -0.15) is 0 Å². The van der Waals surface area contributed by atoms with Crippen molar-refractivity contribution in [3.63, 3.8) is 0 Å². The summed E-state index contributed by atoms with van der Waals surface area (Å²) in [5.41, 5.74) is 10.1. The fourth-order valence-electron chi connectivity index (χ4n) is 1.15. The van der Waals surface area contributed by atoms with Gasteiger partial charge in [-0.1, -0.05) is 23.2 Å². The van der Waals surface area contributed by atoms with E-state index in [0.29, 0.717) is 0 Å². The van der Waals surface area contributed by atoms with Gasteiger partial charge in [0.25, 0.3) is 0 Å². The van der Waals surface area contributed by atoms with E-state index in [9.17, 15) is 9.50 Å². The van der Waals surface area contributed by atoms with E-state index in [4.69, 9.17) is 33.7 Å². The van der Waals surface area contributed by atoms with Gasteiger partial charge in [0.05, 0.1) is 10.7 Å². The minimum Gasteiger partial charge on any atom is -0.467 e. The molecule has 2 rings (SSSR count). The van der Waals surface area contributed by atoms with Crippen LogP contribution >= 0.6 is 23.2 Å². The highest BCUT2D eigenvalue weighted by atomic mass is 35.5. The lowest BCUT2D eigenvalue weighted by Crippen LogP contribution is -2.69. The predicted molar refractivity (Wildman–Crippen MR) is 57.5 cm³/mol. The molecule has 2 atom stereocenters. The maximum absolute atomic E-state index is 13.3. The van der Waals surface area contributed by atoms with Crippen LogP contribution in [0.5, 0.6) is 5.75 Å². The predicted octanol–water partition coefficient (Wildman–Crippen LogP) is 0.846. The third-order valence-corrected chi connectivity index (χ3v) is 2.67. The number of hydrogen-bond donors (Lipinski definition) is 4. The lowest BCUT2D eigenvalue weighted by atomic mass is 10.3. The fourth-order valence-corrected chi connectivity index (χ4v) is 1.71. The average molecular weight is 268 g/mol. The first-order chi connectivity index (χ1) is 7.50. The Bertz CT molecular complexity index is 432. The van der Waals surface area contributed by atoms with E-state index >= 15 is 0 Å². The van der Waals surface area contributed by atoms with Gasteiger partial charge in [0.15, 0.2) is 17.8 Å². The Labute approximate surface area is 100 Å². The van der Waals surface area contributed by atoms with Crippen molar-refractivity contribution in [3.05, 3.63) is 21.9 Å². The molecule has 0 aliphatic carbocycles. The first-order valence-electron chi connectivity index (χ1n) is 4.29. The third-order valence-electron chi connectivity index (χ3n) is 2.05. The summed E-state index contributed by atoms with van der Waals surface area (Å²) in [5.74, 6) is -0.865. The molecule has 1 aromatic rings. The number of nitrogens with one attached hydrogen (secondary N) is 2. The highest BCUT2D eigenvalue weighted by molar-refractivity contribution is 6.37. The molecule has 5 nitrogen and oxygen atoms in total. The van der Waals surface area contributed by atoms with Gasteiger partial charge in [-0.15, -0.1) is 0 Å². The molecule has 0 saturated carbocycles. The molecule has 1 aliphatic heterocycles. The van der Waals surface area contributed by atoms with Crippen LogP contribution < -0.4 is 21.3 Å². The molecule has 0 spiro atoms. The summed E-state index contributed by atoms with van der Waals surface area (Å²) in [6.45, 7) is 0. The zero-order chi connectivity index (χ0) is 11.9. The van der Waals surface area contributed by atoms with E-state index in [1.54, 1.807) is 0 Å². The molecule has 16 heavy (non-hydrogen) atoms. The molecule has 1 aromatic carbocycles. The van der Waals surface area contributed by atoms with Crippen LogP contribution in [0.3, 0.4) is 0 Å². The van der Waals surface area contributed by atoms with Gasteiger partial charge in [0.2, 0.25) is 6.23 Å². The van der Waals surface area contributed by atoms with Crippen LogP contribution in [0.25, 0.3) is 0 Å². The second-order valence-corrected chi connectivity index (χ2v) is 3.96. The maximum Gasteiger partial charge on any atom is 0.203 e. The standard InChI is InChI=1S/C8H8Cl2FN3O2/c9-2-1-3(12)5(11)4(10)6(2)16-8-7(15)13-14-8/h1,7-8,13-15H,12H2/t7-,8?/m1/s1. The van der Waals surface area contributed by atoms with Gasteiger partial charge < -0.3 is 15.6 Å². The van der Waals surface area contributed by atoms with Gasteiger partial charge in [-0.25, -0.2) is 15.2 Å². The molecule has 88 valence electrons. The topological polar surface area (TPSA) is 79.5 Å². The molecule has 0 radical (unpaired) electrons. The van der Waals surface area contributed by atoms with Gasteiger partial charge in [0, 0.05) is 0 Å². The number of aliphatic hydroxyl groups is 1. The second kappa shape index (κ2) is 4.23. The molecule has 1 saturated heterocycles. The van der Waals surface area contributed by atoms with E-state index in [-0.39, 0.29) is 21.5 Å². The van der Waals surface area contributed by atoms with Crippen molar-refractivity contribution < 1.29 is 14.2 Å². The highest BCUT2D eigenvalue weighted by Crippen LogP contribution is 2.38. The van der Waals surface area contributed by atoms with Crippen LogP contribution in [0, 0.1) is 5.82 Å². The number of benzene rings is 1. The van der Waals surface area contributed by atoms with Crippen LogP contribution in [0.4, 0.5) is 10.1 Å². The summed E-state index contributed by atoms with van der Waals surface area (Å²) in [6, 6.07) is 1.19. The second-order valence-electron chi connectivity index (χ2n) is 3.18. The Morgan fingerprint density at radius 3 is 2.62 bits per heavy atom. The van der Waals surface area contributed by atoms with Crippen molar-refractivity contribution in [1.29, 1.82) is 0 Å². The molecule has 1 aliphatic rings. The van der Waals surface area contributed by atoms with Crippen molar-refractivity contribution in [2.24, 2.45) is 0 Å². The van der Waals surface area contributed by atoms with E-state index in [2.05, 4.69) is 10.9 Å². The summed E-state index contributed by atoms with van der Waals surface area (Å²) in [5, 5.41) is 8.93. The largest absolute Gasteiger partial charge is 0.467 e. The molecule has 0 aromatic heterocycles. The Morgan fingerprint density at radius 2 is 2.12 bits per heavy atom. The third kappa shape index (κ3) is 1.90. The van der Waals surface area contributed by atoms with Gasteiger partial charge in [-0.3, -0.25) is 0 Å². The lowest BCUT2D eigenvalue weighted by molar-refractivity contribution is -0.0977. The fraction of sp³-hybridized carbons (Fsp3) is 0.250. The van der Waals surface area contributed by atoms with Gasteiger partial charge in [-0.05, 0) is 6.07 Å². The summed E-state index contributed by atoms with van der Waals surface area (Å²) in [7, 11) is 0. The Kier molecular flexibility index (Phi) is 3.09. The number of hydrogen-bond acceptors (Lipinski definition) is 5. The van der Waals surface area contributed by atoms with E-state index < -0.39 is 18.3 Å². The number of halogens is 3. The molecule has 1 unspecified atom stereocenters.